The number of phenols is 1. The van der Waals surface area contributed by atoms with Crippen LogP contribution in [0.3, 0.4) is 0 Å². The fourth-order valence-electron chi connectivity index (χ4n) is 2.20. The van der Waals surface area contributed by atoms with Gasteiger partial charge in [-0.1, -0.05) is 30.4 Å². The van der Waals surface area contributed by atoms with E-state index in [0.717, 1.165) is 22.2 Å². The van der Waals surface area contributed by atoms with E-state index in [9.17, 15) is 5.11 Å². The first kappa shape index (κ1) is 12.4. The van der Waals surface area contributed by atoms with Gasteiger partial charge in [0.15, 0.2) is 5.75 Å². The second kappa shape index (κ2) is 4.81. The molecule has 0 amide bonds. The maximum Gasteiger partial charge on any atom is 0.150 e. The lowest BCUT2D eigenvalue weighted by Gasteiger charge is -2.08. The molecule has 0 saturated carbocycles. The third kappa shape index (κ3) is 1.95. The van der Waals surface area contributed by atoms with Crippen molar-refractivity contribution in [1.29, 1.82) is 0 Å². The molecule has 3 aromatic rings. The van der Waals surface area contributed by atoms with Gasteiger partial charge in [-0.3, -0.25) is 0 Å². The van der Waals surface area contributed by atoms with Crippen LogP contribution < -0.4 is 0 Å². The third-order valence-electron chi connectivity index (χ3n) is 3.25. The molecule has 0 bridgehead atoms. The second-order valence-corrected chi connectivity index (χ2v) is 4.64. The summed E-state index contributed by atoms with van der Waals surface area (Å²) in [5, 5.41) is 19.2. The standard InChI is InChI=1S/C16H15N3O/c1-3-6-12-11(2)9-10-15(16(12)20)19-17-13-7-4-5-8-14(13)18-19/h3-10,20H,1-2H3/b6-3-. The lowest BCUT2D eigenvalue weighted by Crippen LogP contribution is -2.00. The topological polar surface area (TPSA) is 50.9 Å². The van der Waals surface area contributed by atoms with Gasteiger partial charge in [-0.15, -0.1) is 15.0 Å². The molecule has 0 aliphatic carbocycles. The van der Waals surface area contributed by atoms with Gasteiger partial charge in [0.1, 0.15) is 16.7 Å². The number of allylic oxidation sites excluding steroid dienone is 1. The largest absolute Gasteiger partial charge is 0.505 e. The quantitative estimate of drug-likeness (QED) is 0.772. The molecule has 0 unspecified atom stereocenters. The summed E-state index contributed by atoms with van der Waals surface area (Å²) in [7, 11) is 0. The Morgan fingerprint density at radius 3 is 2.30 bits per heavy atom. The first-order valence-corrected chi connectivity index (χ1v) is 6.48. The molecule has 20 heavy (non-hydrogen) atoms. The van der Waals surface area contributed by atoms with Crippen LogP contribution in [0.1, 0.15) is 18.1 Å². The molecular weight excluding hydrogens is 250 g/mol. The number of hydrogen-bond donors (Lipinski definition) is 1. The summed E-state index contributed by atoms with van der Waals surface area (Å²) < 4.78 is 0. The summed E-state index contributed by atoms with van der Waals surface area (Å²) in [6.45, 7) is 3.89. The van der Waals surface area contributed by atoms with Crippen molar-refractivity contribution in [3.63, 3.8) is 0 Å². The molecular formula is C16H15N3O. The van der Waals surface area contributed by atoms with Gasteiger partial charge in [0.2, 0.25) is 0 Å². The molecule has 1 aromatic heterocycles. The van der Waals surface area contributed by atoms with Crippen molar-refractivity contribution in [1.82, 2.24) is 15.0 Å². The van der Waals surface area contributed by atoms with Gasteiger partial charge >= 0.3 is 0 Å². The van der Waals surface area contributed by atoms with Gasteiger partial charge < -0.3 is 5.11 Å². The van der Waals surface area contributed by atoms with Crippen molar-refractivity contribution in [2.75, 3.05) is 0 Å². The summed E-state index contributed by atoms with van der Waals surface area (Å²) in [6, 6.07) is 11.4. The highest BCUT2D eigenvalue weighted by molar-refractivity contribution is 5.74. The Kier molecular flexibility index (Phi) is 2.99. The van der Waals surface area contributed by atoms with Crippen molar-refractivity contribution in [2.24, 2.45) is 0 Å². The number of phenolic OH excluding ortho intramolecular Hbond substituents is 1. The summed E-state index contributed by atoms with van der Waals surface area (Å²) in [6.07, 6.45) is 3.79. The molecule has 0 saturated heterocycles. The predicted molar refractivity (Wildman–Crippen MR) is 80.0 cm³/mol. The second-order valence-electron chi connectivity index (χ2n) is 4.64. The fraction of sp³-hybridized carbons (Fsp3) is 0.125. The van der Waals surface area contributed by atoms with Crippen LogP contribution in [-0.2, 0) is 0 Å². The average Bonchev–Trinajstić information content (AvgIpc) is 2.87. The fourth-order valence-corrected chi connectivity index (χ4v) is 2.20. The van der Waals surface area contributed by atoms with E-state index in [2.05, 4.69) is 10.2 Å². The van der Waals surface area contributed by atoms with E-state index in [1.54, 1.807) is 0 Å². The minimum Gasteiger partial charge on any atom is -0.505 e. The maximum absolute atomic E-state index is 10.4. The molecule has 0 aliphatic heterocycles. The van der Waals surface area contributed by atoms with Gasteiger partial charge in [-0.2, -0.15) is 0 Å². The first-order chi connectivity index (χ1) is 9.70. The van der Waals surface area contributed by atoms with Crippen molar-refractivity contribution < 1.29 is 5.11 Å². The maximum atomic E-state index is 10.4. The Bertz CT molecular complexity index is 770. The monoisotopic (exact) mass is 265 g/mol. The Labute approximate surface area is 117 Å². The van der Waals surface area contributed by atoms with Crippen LogP contribution in [0, 0.1) is 6.92 Å². The minimum atomic E-state index is 0.198. The molecule has 0 spiro atoms. The third-order valence-corrected chi connectivity index (χ3v) is 3.25. The Balaban J connectivity index is 2.21. The average molecular weight is 265 g/mol. The van der Waals surface area contributed by atoms with Crippen molar-refractivity contribution >= 4 is 17.1 Å². The van der Waals surface area contributed by atoms with Crippen LogP contribution >= 0.6 is 0 Å². The zero-order chi connectivity index (χ0) is 14.1. The van der Waals surface area contributed by atoms with Crippen molar-refractivity contribution in [3.05, 3.63) is 53.6 Å². The molecule has 0 fully saturated rings. The Morgan fingerprint density at radius 1 is 1.05 bits per heavy atom. The highest BCUT2D eigenvalue weighted by Gasteiger charge is 2.12. The van der Waals surface area contributed by atoms with Gasteiger partial charge in [0.25, 0.3) is 0 Å². The first-order valence-electron chi connectivity index (χ1n) is 6.48. The van der Waals surface area contributed by atoms with Gasteiger partial charge in [0.05, 0.1) is 0 Å². The SMILES string of the molecule is C/C=C\c1c(C)ccc(-n2nc3ccccc3n2)c1O. The molecule has 1 heterocycles. The van der Waals surface area contributed by atoms with Crippen LogP contribution in [0.25, 0.3) is 22.8 Å². The zero-order valence-corrected chi connectivity index (χ0v) is 11.4. The zero-order valence-electron chi connectivity index (χ0n) is 11.4. The van der Waals surface area contributed by atoms with E-state index in [1.807, 2.05) is 62.4 Å². The molecule has 0 atom stereocenters. The summed E-state index contributed by atoms with van der Waals surface area (Å²) >= 11 is 0. The van der Waals surface area contributed by atoms with Crippen molar-refractivity contribution in [2.45, 2.75) is 13.8 Å². The van der Waals surface area contributed by atoms with E-state index in [1.165, 1.54) is 4.80 Å². The minimum absolute atomic E-state index is 0.198. The molecule has 4 nitrogen and oxygen atoms in total. The number of benzene rings is 2. The number of aromatic hydroxyl groups is 1. The predicted octanol–water partition coefficient (Wildman–Crippen LogP) is 3.47. The molecule has 2 aromatic carbocycles. The molecule has 0 aliphatic rings. The highest BCUT2D eigenvalue weighted by atomic mass is 16.3. The summed E-state index contributed by atoms with van der Waals surface area (Å²) in [4.78, 5) is 1.48. The molecule has 1 N–H and O–H groups in total. The number of rotatable bonds is 2. The Hall–Kier alpha value is -2.62. The number of hydrogen-bond acceptors (Lipinski definition) is 3. The lowest BCUT2D eigenvalue weighted by atomic mass is 10.1. The van der Waals surface area contributed by atoms with Crippen molar-refractivity contribution in [3.8, 4) is 11.4 Å². The number of nitrogens with zero attached hydrogens (tertiary/aromatic N) is 3. The normalized spacial score (nSPS) is 11.5. The van der Waals surface area contributed by atoms with Crippen LogP contribution in [0.15, 0.2) is 42.5 Å². The number of aryl methyl sites for hydroxylation is 1. The van der Waals surface area contributed by atoms with Gasteiger partial charge in [0, 0.05) is 5.56 Å². The van der Waals surface area contributed by atoms with Crippen LogP contribution in [-0.4, -0.2) is 20.1 Å². The van der Waals surface area contributed by atoms with Gasteiger partial charge in [-0.05, 0) is 37.6 Å². The Morgan fingerprint density at radius 2 is 1.70 bits per heavy atom. The number of aromatic nitrogens is 3. The number of fused-ring (bicyclic) bond motifs is 1. The van der Waals surface area contributed by atoms with E-state index >= 15 is 0 Å². The van der Waals surface area contributed by atoms with E-state index in [-0.39, 0.29) is 5.75 Å². The van der Waals surface area contributed by atoms with E-state index < -0.39 is 0 Å². The lowest BCUT2D eigenvalue weighted by molar-refractivity contribution is 0.466. The van der Waals surface area contributed by atoms with Crippen LogP contribution in [0.2, 0.25) is 0 Å². The van der Waals surface area contributed by atoms with E-state index in [4.69, 9.17) is 0 Å². The van der Waals surface area contributed by atoms with Gasteiger partial charge in [-0.25, -0.2) is 0 Å². The molecule has 3 rings (SSSR count). The molecule has 0 radical (unpaired) electrons. The highest BCUT2D eigenvalue weighted by Crippen LogP contribution is 2.29. The smallest absolute Gasteiger partial charge is 0.150 e. The summed E-state index contributed by atoms with van der Waals surface area (Å²) in [5.74, 6) is 0.198. The van der Waals surface area contributed by atoms with Crippen LogP contribution in [0.5, 0.6) is 5.75 Å². The molecule has 100 valence electrons. The van der Waals surface area contributed by atoms with E-state index in [0.29, 0.717) is 5.69 Å². The molecule has 4 heteroatoms. The van der Waals surface area contributed by atoms with Crippen LogP contribution in [0.4, 0.5) is 0 Å². The summed E-state index contributed by atoms with van der Waals surface area (Å²) in [5.41, 5.74) is 4.01.